The summed E-state index contributed by atoms with van der Waals surface area (Å²) in [7, 11) is -3.34. The molecule has 1 aliphatic heterocycles. The second-order valence-corrected chi connectivity index (χ2v) is 11.7. The number of halogens is 2. The normalized spacial score (nSPS) is 14.3. The Bertz CT molecular complexity index is 1440. The van der Waals surface area contributed by atoms with Crippen molar-refractivity contribution in [2.24, 2.45) is 0 Å². The number of ether oxygens (including phenoxy) is 1. The van der Waals surface area contributed by atoms with Crippen molar-refractivity contribution >= 4 is 27.4 Å². The summed E-state index contributed by atoms with van der Waals surface area (Å²) in [5.74, 6) is -0.258. The molecule has 0 aliphatic carbocycles. The summed E-state index contributed by atoms with van der Waals surface area (Å²) in [5.41, 5.74) is 1.53. The fraction of sp³-hybridized carbons (Fsp3) is 0.300. The predicted octanol–water partition coefficient (Wildman–Crippen LogP) is 6.20. The highest BCUT2D eigenvalue weighted by molar-refractivity contribution is 7.92. The Morgan fingerprint density at radius 3 is 2.27 bits per heavy atom. The van der Waals surface area contributed by atoms with Gasteiger partial charge in [-0.25, -0.2) is 22.0 Å². The van der Waals surface area contributed by atoms with Crippen LogP contribution in [0.4, 0.5) is 25.0 Å². The first-order valence-corrected chi connectivity index (χ1v) is 15.2. The van der Waals surface area contributed by atoms with Crippen LogP contribution in [0.2, 0.25) is 0 Å². The van der Waals surface area contributed by atoms with Crippen LogP contribution in [0.15, 0.2) is 79.4 Å². The number of anilines is 2. The highest BCUT2D eigenvalue weighted by Crippen LogP contribution is 2.25. The van der Waals surface area contributed by atoms with Crippen LogP contribution >= 0.6 is 0 Å². The topological polar surface area (TPSA) is 91.0 Å². The highest BCUT2D eigenvalue weighted by atomic mass is 32.2. The minimum Gasteiger partial charge on any atom is -0.457 e. The van der Waals surface area contributed by atoms with E-state index in [2.05, 4.69) is 21.5 Å². The second-order valence-electron chi connectivity index (χ2n) is 9.98. The van der Waals surface area contributed by atoms with E-state index in [-0.39, 0.29) is 11.7 Å². The van der Waals surface area contributed by atoms with Crippen molar-refractivity contribution in [3.8, 4) is 11.5 Å². The molecule has 8 nitrogen and oxygen atoms in total. The van der Waals surface area contributed by atoms with E-state index in [0.29, 0.717) is 30.2 Å². The summed E-state index contributed by atoms with van der Waals surface area (Å²) in [4.78, 5) is 17.1. The number of rotatable bonds is 11. The molecule has 0 spiro atoms. The van der Waals surface area contributed by atoms with E-state index in [4.69, 9.17) is 4.74 Å². The van der Waals surface area contributed by atoms with Gasteiger partial charge in [-0.2, -0.15) is 0 Å². The fourth-order valence-corrected chi connectivity index (χ4v) is 5.27. The molecule has 11 heteroatoms. The minimum atomic E-state index is -3.34. The monoisotopic (exact) mass is 584 g/mol. The van der Waals surface area contributed by atoms with Gasteiger partial charge in [0.15, 0.2) is 0 Å². The minimum absolute atomic E-state index is 0.00971. The number of urea groups is 1. The number of carbonyl (C=O) groups is 1. The molecular formula is C30H34F2N4O4S. The van der Waals surface area contributed by atoms with Crippen molar-refractivity contribution in [3.63, 3.8) is 0 Å². The van der Waals surface area contributed by atoms with Gasteiger partial charge in [0.2, 0.25) is 10.0 Å². The zero-order valence-corrected chi connectivity index (χ0v) is 23.7. The Morgan fingerprint density at radius 2 is 1.68 bits per heavy atom. The first-order valence-electron chi connectivity index (χ1n) is 13.3. The van der Waals surface area contributed by atoms with Crippen LogP contribution in [0.3, 0.4) is 0 Å². The number of nitrogens with one attached hydrogen (secondary N) is 2. The summed E-state index contributed by atoms with van der Waals surface area (Å²) in [5, 5.41) is 2.59. The van der Waals surface area contributed by atoms with Gasteiger partial charge < -0.3 is 15.0 Å². The van der Waals surface area contributed by atoms with E-state index in [0.717, 1.165) is 56.4 Å². The van der Waals surface area contributed by atoms with Gasteiger partial charge in [-0.15, -0.1) is 6.58 Å². The lowest BCUT2D eigenvalue weighted by Gasteiger charge is -2.38. The lowest BCUT2D eigenvalue weighted by molar-refractivity contribution is 0.124. The van der Waals surface area contributed by atoms with Crippen molar-refractivity contribution < 1.29 is 26.7 Å². The average molecular weight is 585 g/mol. The molecule has 0 bridgehead atoms. The number of likely N-dealkylation sites (tertiary alicyclic amines) is 1. The number of sulfonamides is 1. The average Bonchev–Trinajstić information content (AvgIpc) is 2.93. The molecule has 2 amide bonds. The Hall–Kier alpha value is -3.96. The zero-order valence-electron chi connectivity index (χ0n) is 22.9. The van der Waals surface area contributed by atoms with Crippen LogP contribution in [0.5, 0.6) is 11.5 Å². The molecule has 3 aromatic carbocycles. The lowest BCUT2D eigenvalue weighted by atomic mass is 10.0. The van der Waals surface area contributed by atoms with Crippen molar-refractivity contribution in [1.29, 1.82) is 0 Å². The van der Waals surface area contributed by atoms with Crippen molar-refractivity contribution in [2.45, 2.75) is 31.8 Å². The van der Waals surface area contributed by atoms with Gasteiger partial charge in [-0.3, -0.25) is 9.62 Å². The van der Waals surface area contributed by atoms with Gasteiger partial charge >= 0.3 is 6.03 Å². The molecular weight excluding hydrogens is 550 g/mol. The van der Waals surface area contributed by atoms with E-state index >= 15 is 0 Å². The van der Waals surface area contributed by atoms with Crippen LogP contribution < -0.4 is 14.8 Å². The van der Waals surface area contributed by atoms with Crippen LogP contribution in [0, 0.1) is 11.6 Å². The number of benzene rings is 3. The van der Waals surface area contributed by atoms with Gasteiger partial charge in [0, 0.05) is 44.0 Å². The van der Waals surface area contributed by atoms with Gasteiger partial charge in [-0.05, 0) is 73.4 Å². The molecule has 1 aliphatic rings. The molecule has 4 rings (SSSR count). The number of nitrogens with zero attached hydrogens (tertiary/aromatic N) is 2. The quantitative estimate of drug-likeness (QED) is 0.262. The first-order chi connectivity index (χ1) is 19.6. The van der Waals surface area contributed by atoms with Crippen molar-refractivity contribution in [1.82, 2.24) is 9.80 Å². The maximum atomic E-state index is 14.1. The summed E-state index contributed by atoms with van der Waals surface area (Å²) >= 11 is 0. The Labute approximate surface area is 239 Å². The van der Waals surface area contributed by atoms with Crippen LogP contribution in [0.25, 0.3) is 0 Å². The van der Waals surface area contributed by atoms with Crippen LogP contribution in [0.1, 0.15) is 24.8 Å². The molecule has 218 valence electrons. The molecule has 1 heterocycles. The second kappa shape index (κ2) is 13.6. The van der Waals surface area contributed by atoms with Gasteiger partial charge in [0.1, 0.15) is 23.1 Å². The number of amides is 2. The molecule has 0 aromatic heterocycles. The van der Waals surface area contributed by atoms with Gasteiger partial charge in [0.25, 0.3) is 0 Å². The number of piperidine rings is 1. The Balaban J connectivity index is 1.29. The molecule has 41 heavy (non-hydrogen) atoms. The van der Waals surface area contributed by atoms with Crippen LogP contribution in [-0.2, 0) is 16.6 Å². The number of carbonyl (C=O) groups excluding carboxylic acids is 1. The summed E-state index contributed by atoms with van der Waals surface area (Å²) < 4.78 is 58.4. The maximum absolute atomic E-state index is 14.1. The van der Waals surface area contributed by atoms with Gasteiger partial charge in [-0.1, -0.05) is 18.2 Å². The maximum Gasteiger partial charge on any atom is 0.322 e. The number of hydrogen-bond donors (Lipinski definition) is 2. The van der Waals surface area contributed by atoms with Crippen LogP contribution in [-0.4, -0.2) is 56.2 Å². The summed E-state index contributed by atoms with van der Waals surface area (Å²) in [6.45, 7) is 6.54. The zero-order chi connectivity index (χ0) is 29.4. The highest BCUT2D eigenvalue weighted by Gasteiger charge is 2.28. The third-order valence-corrected chi connectivity index (χ3v) is 7.33. The third-order valence-electron chi connectivity index (χ3n) is 6.73. The van der Waals surface area contributed by atoms with E-state index in [1.807, 2.05) is 24.3 Å². The molecule has 3 aromatic rings. The third kappa shape index (κ3) is 9.02. The van der Waals surface area contributed by atoms with E-state index in [1.165, 1.54) is 6.07 Å². The Morgan fingerprint density at radius 1 is 1.05 bits per heavy atom. The molecule has 0 atom stereocenters. The van der Waals surface area contributed by atoms with Crippen molar-refractivity contribution in [2.75, 3.05) is 35.9 Å². The largest absolute Gasteiger partial charge is 0.457 e. The molecule has 0 saturated carbocycles. The lowest BCUT2D eigenvalue weighted by Crippen LogP contribution is -2.49. The Kier molecular flexibility index (Phi) is 9.95. The van der Waals surface area contributed by atoms with Crippen molar-refractivity contribution in [3.05, 3.63) is 96.6 Å². The fourth-order valence-electron chi connectivity index (χ4n) is 4.71. The SMILES string of the molecule is C=CCCN(C(=O)Nc1ccc(F)cc1F)C1CCN(Cc2ccc(Oc3ccc(NS(C)(=O)=O)cc3)cc2)CC1. The predicted molar refractivity (Wildman–Crippen MR) is 157 cm³/mol. The molecule has 1 saturated heterocycles. The first kappa shape index (κ1) is 30.0. The molecule has 0 unspecified atom stereocenters. The summed E-state index contributed by atoms with van der Waals surface area (Å²) in [6.07, 6.45) is 4.98. The van der Waals surface area contributed by atoms with E-state index in [1.54, 1.807) is 35.2 Å². The molecule has 2 N–H and O–H groups in total. The summed E-state index contributed by atoms with van der Waals surface area (Å²) in [6, 6.07) is 17.1. The van der Waals surface area contributed by atoms with Gasteiger partial charge in [0.05, 0.1) is 11.9 Å². The van der Waals surface area contributed by atoms with E-state index in [9.17, 15) is 22.0 Å². The smallest absolute Gasteiger partial charge is 0.322 e. The molecule has 1 fully saturated rings. The standard InChI is InChI=1S/C30H34F2N4O4S/c1-3-4-17-36(30(37)33-29-14-7-23(31)20-28(29)32)25-15-18-35(19-16-25)21-22-5-10-26(11-6-22)40-27-12-8-24(9-13-27)34-41(2,38)39/h3,5-14,20,25,34H,1,4,15-19,21H2,2H3,(H,33,37). The number of hydrogen-bond acceptors (Lipinski definition) is 5. The van der Waals surface area contributed by atoms with E-state index < -0.39 is 27.7 Å². The molecule has 0 radical (unpaired) electrons.